The molecule has 118 valence electrons. The van der Waals surface area contributed by atoms with E-state index in [-0.39, 0.29) is 11.9 Å². The molecule has 1 heterocycles. The first-order chi connectivity index (χ1) is 10.5. The Hall–Kier alpha value is -2.04. The number of benzene rings is 1. The Morgan fingerprint density at radius 2 is 2.00 bits per heavy atom. The average Bonchev–Trinajstić information content (AvgIpc) is 2.50. The Balaban J connectivity index is 2.11. The second kappa shape index (κ2) is 5.63. The predicted octanol–water partition coefficient (Wildman–Crippen LogP) is 1.98. The van der Waals surface area contributed by atoms with E-state index in [9.17, 15) is 9.59 Å². The van der Waals surface area contributed by atoms with Gasteiger partial charge in [0.25, 0.3) is 0 Å². The first-order valence-corrected chi connectivity index (χ1v) is 8.07. The Kier molecular flexibility index (Phi) is 3.81. The summed E-state index contributed by atoms with van der Waals surface area (Å²) in [5.41, 5.74) is 9.91. The third-order valence-electron chi connectivity index (χ3n) is 4.73. The van der Waals surface area contributed by atoms with Gasteiger partial charge in [0, 0.05) is 0 Å². The maximum Gasteiger partial charge on any atom is 0.249 e. The van der Waals surface area contributed by atoms with Crippen LogP contribution in [0.1, 0.15) is 44.2 Å². The smallest absolute Gasteiger partial charge is 0.249 e. The Bertz CT molecular complexity index is 627. The molecule has 3 rings (SSSR count). The molecule has 0 radical (unpaired) electrons. The van der Waals surface area contributed by atoms with Crippen molar-refractivity contribution in [2.45, 2.75) is 58.0 Å². The number of nitrogens with one attached hydrogen (secondary N) is 1. The van der Waals surface area contributed by atoms with Crippen LogP contribution in [0.4, 0.5) is 11.4 Å². The highest BCUT2D eigenvalue weighted by Gasteiger charge is 2.36. The molecule has 0 fully saturated rings. The van der Waals surface area contributed by atoms with E-state index in [2.05, 4.69) is 17.4 Å². The van der Waals surface area contributed by atoms with Crippen LogP contribution in [0.25, 0.3) is 0 Å². The van der Waals surface area contributed by atoms with E-state index < -0.39 is 11.9 Å². The van der Waals surface area contributed by atoms with Gasteiger partial charge in [0.1, 0.15) is 12.1 Å². The number of nitrogens with two attached hydrogens (primary N) is 1. The second-order valence-corrected chi connectivity index (χ2v) is 6.25. The molecule has 1 aromatic rings. The van der Waals surface area contributed by atoms with Crippen molar-refractivity contribution in [2.75, 3.05) is 10.2 Å². The van der Waals surface area contributed by atoms with Crippen molar-refractivity contribution in [3.8, 4) is 0 Å². The summed E-state index contributed by atoms with van der Waals surface area (Å²) in [5, 5.41) is 3.26. The van der Waals surface area contributed by atoms with Crippen LogP contribution in [-0.2, 0) is 22.4 Å². The molecule has 2 amide bonds. The highest BCUT2D eigenvalue weighted by atomic mass is 16.2. The summed E-state index contributed by atoms with van der Waals surface area (Å²) in [6, 6.07) is 3.29. The number of primary amides is 1. The van der Waals surface area contributed by atoms with Crippen LogP contribution >= 0.6 is 0 Å². The Morgan fingerprint density at radius 3 is 2.59 bits per heavy atom. The summed E-state index contributed by atoms with van der Waals surface area (Å²) in [7, 11) is 0. The molecule has 0 spiro atoms. The third-order valence-corrected chi connectivity index (χ3v) is 4.73. The molecule has 1 aliphatic carbocycles. The SMILES string of the molecule is CCC(C(N)=O)N1C(=O)C(C)Nc2cc3c(cc21)CCCC3. The maximum atomic E-state index is 12.6. The van der Waals surface area contributed by atoms with Crippen molar-refractivity contribution in [2.24, 2.45) is 5.73 Å². The summed E-state index contributed by atoms with van der Waals surface area (Å²) < 4.78 is 0. The molecule has 1 aliphatic heterocycles. The quantitative estimate of drug-likeness (QED) is 0.896. The van der Waals surface area contributed by atoms with Crippen LogP contribution in [0, 0.1) is 0 Å². The van der Waals surface area contributed by atoms with Gasteiger partial charge in [0.2, 0.25) is 11.8 Å². The van der Waals surface area contributed by atoms with Gasteiger partial charge in [-0.1, -0.05) is 6.92 Å². The van der Waals surface area contributed by atoms with Crippen LogP contribution < -0.4 is 16.0 Å². The fourth-order valence-electron chi connectivity index (χ4n) is 3.54. The van der Waals surface area contributed by atoms with E-state index in [4.69, 9.17) is 5.73 Å². The molecular formula is C17H23N3O2. The molecule has 2 aliphatic rings. The predicted molar refractivity (Wildman–Crippen MR) is 86.9 cm³/mol. The summed E-state index contributed by atoms with van der Waals surface area (Å²) in [6.45, 7) is 3.71. The van der Waals surface area contributed by atoms with Gasteiger partial charge in [-0.2, -0.15) is 0 Å². The lowest BCUT2D eigenvalue weighted by Gasteiger charge is -2.38. The summed E-state index contributed by atoms with van der Waals surface area (Å²) in [5.74, 6) is -0.539. The average molecular weight is 301 g/mol. The van der Waals surface area contributed by atoms with E-state index in [1.54, 1.807) is 4.90 Å². The molecule has 0 aromatic heterocycles. The van der Waals surface area contributed by atoms with Gasteiger partial charge >= 0.3 is 0 Å². The molecule has 0 bridgehead atoms. The maximum absolute atomic E-state index is 12.6. The van der Waals surface area contributed by atoms with Crippen LogP contribution in [0.5, 0.6) is 0 Å². The number of nitrogens with zero attached hydrogens (tertiary/aromatic N) is 1. The molecule has 5 heteroatoms. The topological polar surface area (TPSA) is 75.4 Å². The minimum atomic E-state index is -0.586. The first-order valence-electron chi connectivity index (χ1n) is 8.07. The number of carbonyl (C=O) groups excluding carboxylic acids is 2. The second-order valence-electron chi connectivity index (χ2n) is 6.25. The highest BCUT2D eigenvalue weighted by molar-refractivity contribution is 6.09. The molecule has 1 aromatic carbocycles. The molecular weight excluding hydrogens is 278 g/mol. The molecule has 2 atom stereocenters. The summed E-state index contributed by atoms with van der Waals surface area (Å²) in [6.07, 6.45) is 5.02. The monoisotopic (exact) mass is 301 g/mol. The van der Waals surface area contributed by atoms with E-state index in [1.165, 1.54) is 24.0 Å². The van der Waals surface area contributed by atoms with Gasteiger partial charge in [-0.05, 0) is 62.3 Å². The fraction of sp³-hybridized carbons (Fsp3) is 0.529. The lowest BCUT2D eigenvalue weighted by atomic mass is 9.89. The molecule has 22 heavy (non-hydrogen) atoms. The number of hydrogen-bond donors (Lipinski definition) is 2. The number of carbonyl (C=O) groups is 2. The van der Waals surface area contributed by atoms with Crippen molar-refractivity contribution in [3.63, 3.8) is 0 Å². The zero-order valence-electron chi connectivity index (χ0n) is 13.2. The Labute approximate surface area is 130 Å². The van der Waals surface area contributed by atoms with Gasteiger partial charge in [-0.3, -0.25) is 14.5 Å². The normalized spacial score (nSPS) is 21.6. The molecule has 0 saturated carbocycles. The van der Waals surface area contributed by atoms with E-state index in [0.717, 1.165) is 24.2 Å². The van der Waals surface area contributed by atoms with Gasteiger partial charge in [-0.15, -0.1) is 0 Å². The molecule has 0 saturated heterocycles. The van der Waals surface area contributed by atoms with Crippen LogP contribution in [0.15, 0.2) is 12.1 Å². The number of fused-ring (bicyclic) bond motifs is 2. The lowest BCUT2D eigenvalue weighted by molar-refractivity contribution is -0.125. The van der Waals surface area contributed by atoms with Gasteiger partial charge < -0.3 is 11.1 Å². The zero-order chi connectivity index (χ0) is 15.9. The molecule has 5 nitrogen and oxygen atoms in total. The number of rotatable bonds is 3. The van der Waals surface area contributed by atoms with Crippen molar-refractivity contribution >= 4 is 23.2 Å². The van der Waals surface area contributed by atoms with Crippen molar-refractivity contribution in [3.05, 3.63) is 23.3 Å². The van der Waals surface area contributed by atoms with Crippen molar-refractivity contribution in [1.29, 1.82) is 0 Å². The van der Waals surface area contributed by atoms with Crippen molar-refractivity contribution in [1.82, 2.24) is 0 Å². The number of amides is 2. The minimum Gasteiger partial charge on any atom is -0.372 e. The first kappa shape index (κ1) is 14.9. The van der Waals surface area contributed by atoms with Crippen LogP contribution in [-0.4, -0.2) is 23.9 Å². The molecule has 3 N–H and O–H groups in total. The van der Waals surface area contributed by atoms with Crippen LogP contribution in [0.2, 0.25) is 0 Å². The minimum absolute atomic E-state index is 0.0890. The molecule has 2 unspecified atom stereocenters. The number of aryl methyl sites for hydroxylation is 2. The number of anilines is 2. The standard InChI is InChI=1S/C17H23N3O2/c1-3-14(16(18)21)20-15-9-12-7-5-4-6-11(12)8-13(15)19-10(2)17(20)22/h8-10,14,19H,3-7H2,1-2H3,(H2,18,21). The summed E-state index contributed by atoms with van der Waals surface area (Å²) in [4.78, 5) is 26.0. The van der Waals surface area contributed by atoms with E-state index in [0.29, 0.717) is 6.42 Å². The number of hydrogen-bond acceptors (Lipinski definition) is 3. The van der Waals surface area contributed by atoms with Crippen LogP contribution in [0.3, 0.4) is 0 Å². The van der Waals surface area contributed by atoms with Gasteiger partial charge in [-0.25, -0.2) is 0 Å². The van der Waals surface area contributed by atoms with E-state index >= 15 is 0 Å². The van der Waals surface area contributed by atoms with Crippen molar-refractivity contribution < 1.29 is 9.59 Å². The highest BCUT2D eigenvalue weighted by Crippen LogP contribution is 2.38. The largest absolute Gasteiger partial charge is 0.372 e. The zero-order valence-corrected chi connectivity index (χ0v) is 13.2. The lowest BCUT2D eigenvalue weighted by Crippen LogP contribution is -2.54. The van der Waals surface area contributed by atoms with Gasteiger partial charge in [0.05, 0.1) is 11.4 Å². The fourth-order valence-corrected chi connectivity index (χ4v) is 3.54. The third kappa shape index (κ3) is 2.34. The Morgan fingerprint density at radius 1 is 1.36 bits per heavy atom. The van der Waals surface area contributed by atoms with Gasteiger partial charge in [0.15, 0.2) is 0 Å². The summed E-state index contributed by atoms with van der Waals surface area (Å²) >= 11 is 0. The van der Waals surface area contributed by atoms with E-state index in [1.807, 2.05) is 13.8 Å².